The fourth-order valence-corrected chi connectivity index (χ4v) is 3.29. The number of aliphatic imine (C=N–C) groups is 1. The Labute approximate surface area is 191 Å². The molecule has 29 heavy (non-hydrogen) atoms. The van der Waals surface area contributed by atoms with Crippen molar-refractivity contribution in [1.29, 1.82) is 0 Å². The van der Waals surface area contributed by atoms with Crippen molar-refractivity contribution in [3.63, 3.8) is 0 Å². The van der Waals surface area contributed by atoms with Gasteiger partial charge < -0.3 is 24.4 Å². The topological polar surface area (TPSA) is 68.2 Å². The number of likely N-dealkylation sites (tertiary alicyclic amines) is 1. The summed E-state index contributed by atoms with van der Waals surface area (Å²) in [5.74, 6) is 2.39. The SMILES string of the molecule is CN=C(NCc1ccc(OCC2CC2)nc1)N1CCC(OCCCOC)CC1.I. The zero-order valence-corrected chi connectivity index (χ0v) is 20.0. The average Bonchev–Trinajstić information content (AvgIpc) is 3.56. The molecule has 1 N–H and O–H groups in total. The Morgan fingerprint density at radius 3 is 2.62 bits per heavy atom. The van der Waals surface area contributed by atoms with Gasteiger partial charge in [0.25, 0.3) is 0 Å². The number of methoxy groups -OCH3 is 1. The predicted molar refractivity (Wildman–Crippen MR) is 125 cm³/mol. The van der Waals surface area contributed by atoms with Gasteiger partial charge in [0.05, 0.1) is 12.7 Å². The van der Waals surface area contributed by atoms with Crippen molar-refractivity contribution in [2.75, 3.05) is 47.1 Å². The van der Waals surface area contributed by atoms with Gasteiger partial charge in [-0.15, -0.1) is 24.0 Å². The highest BCUT2D eigenvalue weighted by Gasteiger charge is 2.23. The second kappa shape index (κ2) is 13.2. The number of piperidine rings is 1. The lowest BCUT2D eigenvalue weighted by Gasteiger charge is -2.34. The first kappa shape index (κ1) is 24.1. The highest BCUT2D eigenvalue weighted by atomic mass is 127. The van der Waals surface area contributed by atoms with Gasteiger partial charge in [-0.25, -0.2) is 4.98 Å². The smallest absolute Gasteiger partial charge is 0.213 e. The van der Waals surface area contributed by atoms with Crippen LogP contribution in [0.1, 0.15) is 37.7 Å². The van der Waals surface area contributed by atoms with E-state index in [2.05, 4.69) is 26.3 Å². The molecule has 2 heterocycles. The highest BCUT2D eigenvalue weighted by Crippen LogP contribution is 2.29. The van der Waals surface area contributed by atoms with Crippen LogP contribution in [0.3, 0.4) is 0 Å². The van der Waals surface area contributed by atoms with Crippen LogP contribution in [0.25, 0.3) is 0 Å². The number of hydrogen-bond donors (Lipinski definition) is 1. The van der Waals surface area contributed by atoms with Crippen LogP contribution in [0, 0.1) is 5.92 Å². The molecule has 0 atom stereocenters. The van der Waals surface area contributed by atoms with E-state index in [-0.39, 0.29) is 24.0 Å². The third-order valence-electron chi connectivity index (χ3n) is 5.21. The molecule has 3 rings (SSSR count). The minimum absolute atomic E-state index is 0. The van der Waals surface area contributed by atoms with E-state index >= 15 is 0 Å². The first-order chi connectivity index (χ1) is 13.8. The van der Waals surface area contributed by atoms with Crippen LogP contribution in [0.5, 0.6) is 5.88 Å². The van der Waals surface area contributed by atoms with Gasteiger partial charge in [0, 0.05) is 59.3 Å². The van der Waals surface area contributed by atoms with Crippen LogP contribution in [0.4, 0.5) is 0 Å². The molecule has 1 saturated carbocycles. The first-order valence-corrected chi connectivity index (χ1v) is 10.4. The van der Waals surface area contributed by atoms with Gasteiger partial charge in [0.1, 0.15) is 0 Å². The van der Waals surface area contributed by atoms with E-state index in [1.54, 1.807) is 7.11 Å². The number of nitrogens with one attached hydrogen (secondary N) is 1. The number of guanidine groups is 1. The molecule has 0 bridgehead atoms. The quantitative estimate of drug-likeness (QED) is 0.222. The average molecular weight is 518 g/mol. The normalized spacial score (nSPS) is 17.7. The van der Waals surface area contributed by atoms with Crippen molar-refractivity contribution in [2.24, 2.45) is 10.9 Å². The van der Waals surface area contributed by atoms with E-state index in [1.165, 1.54) is 12.8 Å². The first-order valence-electron chi connectivity index (χ1n) is 10.4. The molecule has 1 saturated heterocycles. The molecule has 2 aliphatic rings. The van der Waals surface area contributed by atoms with Gasteiger partial charge in [-0.2, -0.15) is 0 Å². The molecular formula is C21H35IN4O3. The zero-order chi connectivity index (χ0) is 19.6. The standard InChI is InChI=1S/C21H34N4O3.HI/c1-22-21(25-10-8-19(9-11-25)27-13-3-12-26-2)24-15-18-6-7-20(23-14-18)28-16-17-4-5-17;/h6-7,14,17,19H,3-5,8-13,15-16H2,1-2H3,(H,22,24);1H. The lowest BCUT2D eigenvalue weighted by Crippen LogP contribution is -2.46. The van der Waals surface area contributed by atoms with Crippen molar-refractivity contribution >= 4 is 29.9 Å². The van der Waals surface area contributed by atoms with Gasteiger partial charge in [0.15, 0.2) is 5.96 Å². The number of ether oxygens (including phenoxy) is 3. The third kappa shape index (κ3) is 8.64. The number of pyridine rings is 1. The summed E-state index contributed by atoms with van der Waals surface area (Å²) in [7, 11) is 3.56. The lowest BCUT2D eigenvalue weighted by molar-refractivity contribution is 0.00989. The molecule has 0 spiro atoms. The molecule has 1 aromatic rings. The highest BCUT2D eigenvalue weighted by molar-refractivity contribution is 14.0. The summed E-state index contributed by atoms with van der Waals surface area (Å²) in [4.78, 5) is 11.1. The number of rotatable bonds is 10. The summed E-state index contributed by atoms with van der Waals surface area (Å²) in [6.07, 6.45) is 7.82. The molecular weight excluding hydrogens is 483 g/mol. The van der Waals surface area contributed by atoms with Crippen LogP contribution in [0.2, 0.25) is 0 Å². The summed E-state index contributed by atoms with van der Waals surface area (Å²) < 4.78 is 16.7. The van der Waals surface area contributed by atoms with E-state index in [0.717, 1.165) is 69.6 Å². The third-order valence-corrected chi connectivity index (χ3v) is 5.21. The van der Waals surface area contributed by atoms with Gasteiger partial charge in [0.2, 0.25) is 5.88 Å². The molecule has 8 heteroatoms. The molecule has 7 nitrogen and oxygen atoms in total. The van der Waals surface area contributed by atoms with E-state index in [4.69, 9.17) is 14.2 Å². The second-order valence-electron chi connectivity index (χ2n) is 7.56. The number of nitrogens with zero attached hydrogens (tertiary/aromatic N) is 3. The minimum atomic E-state index is 0. The summed E-state index contributed by atoms with van der Waals surface area (Å²) in [5.41, 5.74) is 1.12. The summed E-state index contributed by atoms with van der Waals surface area (Å²) in [6, 6.07) is 4.02. The van der Waals surface area contributed by atoms with Crippen LogP contribution in [0.15, 0.2) is 23.3 Å². The second-order valence-corrected chi connectivity index (χ2v) is 7.56. The molecule has 0 radical (unpaired) electrons. The molecule has 0 amide bonds. The molecule has 164 valence electrons. The summed E-state index contributed by atoms with van der Waals surface area (Å²) in [5, 5.41) is 3.45. The van der Waals surface area contributed by atoms with Crippen molar-refractivity contribution in [2.45, 2.75) is 44.8 Å². The van der Waals surface area contributed by atoms with Gasteiger partial charge >= 0.3 is 0 Å². The van der Waals surface area contributed by atoms with E-state index in [9.17, 15) is 0 Å². The van der Waals surface area contributed by atoms with Crippen molar-refractivity contribution in [3.8, 4) is 5.88 Å². The van der Waals surface area contributed by atoms with Crippen LogP contribution in [-0.4, -0.2) is 69.0 Å². The summed E-state index contributed by atoms with van der Waals surface area (Å²) in [6.45, 7) is 4.96. The van der Waals surface area contributed by atoms with Crippen molar-refractivity contribution in [3.05, 3.63) is 23.9 Å². The fraction of sp³-hybridized carbons (Fsp3) is 0.714. The Morgan fingerprint density at radius 1 is 1.21 bits per heavy atom. The Kier molecular flexibility index (Phi) is 11.0. The number of hydrogen-bond acceptors (Lipinski definition) is 5. The van der Waals surface area contributed by atoms with Crippen molar-refractivity contribution < 1.29 is 14.2 Å². The molecule has 0 unspecified atom stereocenters. The van der Waals surface area contributed by atoms with E-state index < -0.39 is 0 Å². The van der Waals surface area contributed by atoms with Gasteiger partial charge in [-0.3, -0.25) is 4.99 Å². The van der Waals surface area contributed by atoms with Gasteiger partial charge in [-0.05, 0) is 43.6 Å². The Morgan fingerprint density at radius 2 is 2.00 bits per heavy atom. The van der Waals surface area contributed by atoms with Crippen molar-refractivity contribution in [1.82, 2.24) is 15.2 Å². The zero-order valence-electron chi connectivity index (χ0n) is 17.6. The maximum Gasteiger partial charge on any atom is 0.213 e. The Bertz CT molecular complexity index is 602. The lowest BCUT2D eigenvalue weighted by atomic mass is 10.1. The van der Waals surface area contributed by atoms with E-state index in [1.807, 2.05) is 19.3 Å². The number of halogens is 1. The molecule has 1 aliphatic carbocycles. The summed E-state index contributed by atoms with van der Waals surface area (Å²) >= 11 is 0. The molecule has 2 fully saturated rings. The van der Waals surface area contributed by atoms with Crippen LogP contribution < -0.4 is 10.1 Å². The fourth-order valence-electron chi connectivity index (χ4n) is 3.29. The maximum atomic E-state index is 5.94. The predicted octanol–water partition coefficient (Wildman–Crippen LogP) is 3.08. The minimum Gasteiger partial charge on any atom is -0.477 e. The van der Waals surface area contributed by atoms with Crippen LogP contribution in [-0.2, 0) is 16.0 Å². The largest absolute Gasteiger partial charge is 0.477 e. The maximum absolute atomic E-state index is 5.94. The van der Waals surface area contributed by atoms with Crippen LogP contribution >= 0.6 is 24.0 Å². The van der Waals surface area contributed by atoms with E-state index in [0.29, 0.717) is 18.5 Å². The molecule has 1 aromatic heterocycles. The monoisotopic (exact) mass is 518 g/mol. The van der Waals surface area contributed by atoms with Gasteiger partial charge in [-0.1, -0.05) is 6.07 Å². The molecule has 0 aromatic carbocycles. The Balaban J connectivity index is 0.00000300. The Hall–Kier alpha value is -1.13. The molecule has 1 aliphatic heterocycles. The number of aromatic nitrogens is 1.